The molecule has 3 aromatic rings. The fourth-order valence-electron chi connectivity index (χ4n) is 1.85. The molecule has 0 bridgehead atoms. The number of rotatable bonds is 3. The Morgan fingerprint density at radius 2 is 1.95 bits per heavy atom. The summed E-state index contributed by atoms with van der Waals surface area (Å²) in [6.07, 6.45) is 1.27. The van der Waals surface area contributed by atoms with Crippen LogP contribution in [0.4, 0.5) is 0 Å². The van der Waals surface area contributed by atoms with Crippen LogP contribution >= 0.6 is 0 Å². The van der Waals surface area contributed by atoms with Crippen molar-refractivity contribution in [2.45, 2.75) is 6.61 Å². The number of nitrogens with one attached hydrogen (secondary N) is 1. The van der Waals surface area contributed by atoms with Crippen LogP contribution in [0.2, 0.25) is 0 Å². The molecule has 0 aliphatic carbocycles. The minimum Gasteiger partial charge on any atom is -0.489 e. The monoisotopic (exact) mass is 252 g/mol. The maximum Gasteiger partial charge on any atom is 0.266 e. The Morgan fingerprint density at radius 3 is 2.79 bits per heavy atom. The van der Waals surface area contributed by atoms with E-state index in [1.54, 1.807) is 6.07 Å². The van der Waals surface area contributed by atoms with Crippen molar-refractivity contribution in [2.75, 3.05) is 0 Å². The first-order valence-electron chi connectivity index (χ1n) is 5.97. The van der Waals surface area contributed by atoms with Crippen LogP contribution in [0.15, 0.2) is 59.5 Å². The van der Waals surface area contributed by atoms with E-state index in [4.69, 9.17) is 4.74 Å². The molecule has 2 aromatic carbocycles. The highest BCUT2D eigenvalue weighted by atomic mass is 16.5. The lowest BCUT2D eigenvalue weighted by atomic mass is 10.2. The molecule has 0 radical (unpaired) electrons. The third kappa shape index (κ3) is 2.63. The third-order valence-corrected chi connectivity index (χ3v) is 2.80. The summed E-state index contributed by atoms with van der Waals surface area (Å²) in [7, 11) is 0. The van der Waals surface area contributed by atoms with Gasteiger partial charge in [0.1, 0.15) is 12.4 Å². The van der Waals surface area contributed by atoms with Gasteiger partial charge < -0.3 is 9.72 Å². The molecule has 1 N–H and O–H groups in total. The first kappa shape index (κ1) is 11.5. The van der Waals surface area contributed by atoms with Gasteiger partial charge in [-0.25, -0.2) is 4.98 Å². The van der Waals surface area contributed by atoms with Crippen molar-refractivity contribution in [2.24, 2.45) is 0 Å². The van der Waals surface area contributed by atoms with Gasteiger partial charge in [0.2, 0.25) is 0 Å². The number of fused-ring (bicyclic) bond motifs is 1. The Morgan fingerprint density at radius 1 is 1.11 bits per heavy atom. The Bertz CT molecular complexity index is 751. The normalized spacial score (nSPS) is 10.5. The molecular formula is C15H12N2O2. The molecule has 4 nitrogen and oxygen atoms in total. The van der Waals surface area contributed by atoms with E-state index in [0.717, 1.165) is 11.3 Å². The van der Waals surface area contributed by atoms with Crippen LogP contribution in [-0.4, -0.2) is 9.97 Å². The van der Waals surface area contributed by atoms with E-state index >= 15 is 0 Å². The maximum absolute atomic E-state index is 11.1. The van der Waals surface area contributed by atoms with E-state index in [9.17, 15) is 4.79 Å². The summed E-state index contributed by atoms with van der Waals surface area (Å²) < 4.78 is 5.70. The van der Waals surface area contributed by atoms with Gasteiger partial charge in [-0.15, -0.1) is 0 Å². The summed E-state index contributed by atoms with van der Waals surface area (Å²) in [6.45, 7) is 0.510. The lowest BCUT2D eigenvalue weighted by Gasteiger charge is -2.06. The number of benzene rings is 2. The van der Waals surface area contributed by atoms with Crippen LogP contribution in [0.3, 0.4) is 0 Å². The first-order valence-corrected chi connectivity index (χ1v) is 5.97. The van der Waals surface area contributed by atoms with E-state index in [2.05, 4.69) is 9.97 Å². The Hall–Kier alpha value is -2.62. The molecule has 0 saturated heterocycles. The molecule has 0 atom stereocenters. The summed E-state index contributed by atoms with van der Waals surface area (Å²) in [6, 6.07) is 15.4. The van der Waals surface area contributed by atoms with Crippen molar-refractivity contribution in [1.82, 2.24) is 9.97 Å². The summed E-state index contributed by atoms with van der Waals surface area (Å²) in [5.41, 5.74) is 2.33. The maximum atomic E-state index is 11.1. The molecule has 0 fully saturated rings. The predicted octanol–water partition coefficient (Wildman–Crippen LogP) is 2.50. The van der Waals surface area contributed by atoms with Gasteiger partial charge in [0, 0.05) is 6.07 Å². The number of nitrogens with zero attached hydrogens (tertiary/aromatic N) is 1. The Labute approximate surface area is 109 Å². The van der Waals surface area contributed by atoms with Crippen molar-refractivity contribution in [3.05, 3.63) is 70.6 Å². The van der Waals surface area contributed by atoms with Crippen LogP contribution in [0.25, 0.3) is 11.0 Å². The standard InChI is InChI=1S/C15H12N2O2/c18-15-9-16-14-8-12(6-7-13(14)17-15)19-10-11-4-2-1-3-5-11/h1-9H,10H2,(H,17,18). The van der Waals surface area contributed by atoms with E-state index in [1.807, 2.05) is 42.5 Å². The van der Waals surface area contributed by atoms with E-state index in [0.29, 0.717) is 17.6 Å². The quantitative estimate of drug-likeness (QED) is 0.779. The molecule has 0 aliphatic rings. The molecule has 0 saturated carbocycles. The average molecular weight is 252 g/mol. The molecule has 3 rings (SSSR count). The number of H-pyrrole nitrogens is 1. The van der Waals surface area contributed by atoms with Crippen LogP contribution in [0.1, 0.15) is 5.56 Å². The van der Waals surface area contributed by atoms with Crippen LogP contribution in [-0.2, 0) is 6.61 Å². The largest absolute Gasteiger partial charge is 0.489 e. The zero-order chi connectivity index (χ0) is 13.1. The fourth-order valence-corrected chi connectivity index (χ4v) is 1.85. The van der Waals surface area contributed by atoms with Gasteiger partial charge in [-0.1, -0.05) is 30.3 Å². The van der Waals surface area contributed by atoms with Crippen LogP contribution < -0.4 is 10.3 Å². The zero-order valence-corrected chi connectivity index (χ0v) is 10.2. The summed E-state index contributed by atoms with van der Waals surface area (Å²) in [5.74, 6) is 0.732. The molecule has 1 aromatic heterocycles. The van der Waals surface area contributed by atoms with Crippen molar-refractivity contribution < 1.29 is 4.74 Å². The number of hydrogen-bond donors (Lipinski definition) is 1. The number of aromatic amines is 1. The lowest BCUT2D eigenvalue weighted by Crippen LogP contribution is -2.04. The molecule has 0 unspecified atom stereocenters. The van der Waals surface area contributed by atoms with Gasteiger partial charge in [0.15, 0.2) is 0 Å². The predicted molar refractivity (Wildman–Crippen MR) is 73.1 cm³/mol. The van der Waals surface area contributed by atoms with E-state index in [1.165, 1.54) is 6.20 Å². The zero-order valence-electron chi connectivity index (χ0n) is 10.2. The molecule has 4 heteroatoms. The van der Waals surface area contributed by atoms with Gasteiger partial charge in [0.25, 0.3) is 5.56 Å². The van der Waals surface area contributed by atoms with Gasteiger partial charge in [-0.05, 0) is 17.7 Å². The van der Waals surface area contributed by atoms with Gasteiger partial charge in [-0.2, -0.15) is 0 Å². The highest BCUT2D eigenvalue weighted by molar-refractivity contribution is 5.75. The molecule has 0 spiro atoms. The van der Waals surface area contributed by atoms with Gasteiger partial charge in [-0.3, -0.25) is 4.79 Å². The molecule has 94 valence electrons. The van der Waals surface area contributed by atoms with Crippen molar-refractivity contribution in [1.29, 1.82) is 0 Å². The average Bonchev–Trinajstić information content (AvgIpc) is 2.46. The number of hydrogen-bond acceptors (Lipinski definition) is 3. The van der Waals surface area contributed by atoms with E-state index in [-0.39, 0.29) is 5.56 Å². The van der Waals surface area contributed by atoms with Crippen LogP contribution in [0.5, 0.6) is 5.75 Å². The summed E-state index contributed by atoms with van der Waals surface area (Å²) in [5, 5.41) is 0. The van der Waals surface area contributed by atoms with Gasteiger partial charge in [0.05, 0.1) is 17.2 Å². The number of ether oxygens (including phenoxy) is 1. The molecule has 0 aliphatic heterocycles. The number of aromatic nitrogens is 2. The molecule has 0 amide bonds. The smallest absolute Gasteiger partial charge is 0.266 e. The third-order valence-electron chi connectivity index (χ3n) is 2.80. The second kappa shape index (κ2) is 4.94. The molecule has 1 heterocycles. The fraction of sp³-hybridized carbons (Fsp3) is 0.0667. The Kier molecular flexibility index (Phi) is 2.98. The van der Waals surface area contributed by atoms with Gasteiger partial charge >= 0.3 is 0 Å². The second-order valence-electron chi connectivity index (χ2n) is 4.20. The van der Waals surface area contributed by atoms with Crippen LogP contribution in [0, 0.1) is 0 Å². The molecular weight excluding hydrogens is 240 g/mol. The summed E-state index contributed by atoms with van der Waals surface area (Å²) >= 11 is 0. The minimum absolute atomic E-state index is 0.203. The highest BCUT2D eigenvalue weighted by Crippen LogP contribution is 2.17. The Balaban J connectivity index is 1.82. The first-order chi connectivity index (χ1) is 9.31. The van der Waals surface area contributed by atoms with E-state index < -0.39 is 0 Å². The second-order valence-corrected chi connectivity index (χ2v) is 4.20. The highest BCUT2D eigenvalue weighted by Gasteiger charge is 2.00. The van der Waals surface area contributed by atoms with Crippen molar-refractivity contribution >= 4 is 11.0 Å². The minimum atomic E-state index is -0.203. The SMILES string of the molecule is O=c1cnc2cc(OCc3ccccc3)ccc2[nH]1. The topological polar surface area (TPSA) is 55.0 Å². The molecule has 19 heavy (non-hydrogen) atoms. The lowest BCUT2D eigenvalue weighted by molar-refractivity contribution is 0.306. The van der Waals surface area contributed by atoms with Crippen molar-refractivity contribution in [3.8, 4) is 5.75 Å². The van der Waals surface area contributed by atoms with Crippen molar-refractivity contribution in [3.63, 3.8) is 0 Å². The summed E-state index contributed by atoms with van der Waals surface area (Å²) in [4.78, 5) is 17.9.